The summed E-state index contributed by atoms with van der Waals surface area (Å²) < 4.78 is 0. The Bertz CT molecular complexity index is 162. The van der Waals surface area contributed by atoms with Gasteiger partial charge in [-0.15, -0.1) is 0 Å². The summed E-state index contributed by atoms with van der Waals surface area (Å²) in [5.41, 5.74) is 0.500. The van der Waals surface area contributed by atoms with E-state index in [0.717, 1.165) is 11.8 Å². The highest BCUT2D eigenvalue weighted by atomic mass is 15.0. The molecule has 0 bridgehead atoms. The summed E-state index contributed by atoms with van der Waals surface area (Å²) in [6.45, 7) is 6.10. The standard InChI is InChI=1S/C12H23N/c1-10-4-6-11(7-5-10)12(2)8-3-9-13-12/h10-11,13H,3-9H2,1-2H3. The van der Waals surface area contributed by atoms with E-state index in [2.05, 4.69) is 19.2 Å². The smallest absolute Gasteiger partial charge is 0.0181 e. The van der Waals surface area contributed by atoms with Gasteiger partial charge < -0.3 is 5.32 Å². The van der Waals surface area contributed by atoms with Crippen LogP contribution in [0.2, 0.25) is 0 Å². The molecular formula is C12H23N. The lowest BCUT2D eigenvalue weighted by molar-refractivity contribution is 0.174. The SMILES string of the molecule is CC1CCC(C2(C)CCCN2)CC1. The second-order valence-corrected chi connectivity index (χ2v) is 5.40. The van der Waals surface area contributed by atoms with Gasteiger partial charge in [0.25, 0.3) is 0 Å². The zero-order valence-electron chi connectivity index (χ0n) is 9.10. The minimum atomic E-state index is 0.500. The molecule has 2 rings (SSSR count). The minimum Gasteiger partial charge on any atom is -0.311 e. The van der Waals surface area contributed by atoms with Crippen molar-refractivity contribution in [3.8, 4) is 0 Å². The first-order valence-electron chi connectivity index (χ1n) is 5.96. The van der Waals surface area contributed by atoms with Crippen molar-refractivity contribution in [2.75, 3.05) is 6.54 Å². The Morgan fingerprint density at radius 1 is 1.15 bits per heavy atom. The van der Waals surface area contributed by atoms with Crippen LogP contribution in [-0.2, 0) is 0 Å². The van der Waals surface area contributed by atoms with Gasteiger partial charge in [0.1, 0.15) is 0 Å². The average molecular weight is 181 g/mol. The summed E-state index contributed by atoms with van der Waals surface area (Å²) in [7, 11) is 0. The zero-order chi connectivity index (χ0) is 9.31. The lowest BCUT2D eigenvalue weighted by Crippen LogP contribution is -2.45. The lowest BCUT2D eigenvalue weighted by atomic mass is 9.72. The maximum absolute atomic E-state index is 3.72. The van der Waals surface area contributed by atoms with Crippen molar-refractivity contribution in [3.05, 3.63) is 0 Å². The molecule has 2 fully saturated rings. The molecule has 0 aromatic rings. The van der Waals surface area contributed by atoms with Gasteiger partial charge in [-0.25, -0.2) is 0 Å². The minimum absolute atomic E-state index is 0.500. The molecule has 76 valence electrons. The summed E-state index contributed by atoms with van der Waals surface area (Å²) in [4.78, 5) is 0. The van der Waals surface area contributed by atoms with Gasteiger partial charge in [0.15, 0.2) is 0 Å². The largest absolute Gasteiger partial charge is 0.311 e. The van der Waals surface area contributed by atoms with Crippen molar-refractivity contribution in [2.45, 2.75) is 57.9 Å². The molecule has 1 aliphatic carbocycles. The van der Waals surface area contributed by atoms with Crippen LogP contribution in [0.25, 0.3) is 0 Å². The van der Waals surface area contributed by atoms with Crippen molar-refractivity contribution in [1.29, 1.82) is 0 Å². The van der Waals surface area contributed by atoms with Crippen molar-refractivity contribution in [1.82, 2.24) is 5.32 Å². The molecule has 1 atom stereocenters. The Morgan fingerprint density at radius 3 is 2.38 bits per heavy atom. The van der Waals surface area contributed by atoms with Gasteiger partial charge in [-0.2, -0.15) is 0 Å². The predicted molar refractivity (Wildman–Crippen MR) is 56.8 cm³/mol. The third-order valence-corrected chi connectivity index (χ3v) is 4.32. The Morgan fingerprint density at radius 2 is 1.85 bits per heavy atom. The summed E-state index contributed by atoms with van der Waals surface area (Å²) in [5, 5.41) is 3.72. The molecule has 1 saturated heterocycles. The molecule has 1 unspecified atom stereocenters. The highest BCUT2D eigenvalue weighted by Crippen LogP contribution is 2.39. The Kier molecular flexibility index (Phi) is 2.64. The van der Waals surface area contributed by atoms with Crippen LogP contribution in [0.5, 0.6) is 0 Å². The van der Waals surface area contributed by atoms with Gasteiger partial charge in [-0.1, -0.05) is 19.8 Å². The topological polar surface area (TPSA) is 12.0 Å². The molecule has 1 N–H and O–H groups in total. The molecule has 0 amide bonds. The Labute approximate surface area is 82.3 Å². The fourth-order valence-electron chi connectivity index (χ4n) is 3.16. The van der Waals surface area contributed by atoms with Crippen LogP contribution in [-0.4, -0.2) is 12.1 Å². The highest BCUT2D eigenvalue weighted by Gasteiger charge is 2.37. The maximum Gasteiger partial charge on any atom is 0.0181 e. The third kappa shape index (κ3) is 1.90. The third-order valence-electron chi connectivity index (χ3n) is 4.32. The molecule has 0 spiro atoms. The number of rotatable bonds is 1. The molecule has 13 heavy (non-hydrogen) atoms. The van der Waals surface area contributed by atoms with Crippen molar-refractivity contribution in [3.63, 3.8) is 0 Å². The van der Waals surface area contributed by atoms with E-state index < -0.39 is 0 Å². The highest BCUT2D eigenvalue weighted by molar-refractivity contribution is 4.95. The number of nitrogens with one attached hydrogen (secondary N) is 1. The molecule has 0 aromatic carbocycles. The van der Waals surface area contributed by atoms with Gasteiger partial charge in [0.2, 0.25) is 0 Å². The van der Waals surface area contributed by atoms with E-state index >= 15 is 0 Å². The van der Waals surface area contributed by atoms with Gasteiger partial charge in [-0.05, 0) is 51.0 Å². The van der Waals surface area contributed by atoms with Crippen molar-refractivity contribution >= 4 is 0 Å². The van der Waals surface area contributed by atoms with Crippen molar-refractivity contribution < 1.29 is 0 Å². The van der Waals surface area contributed by atoms with E-state index in [1.807, 2.05) is 0 Å². The van der Waals surface area contributed by atoms with Crippen molar-refractivity contribution in [2.24, 2.45) is 11.8 Å². The Hall–Kier alpha value is -0.0400. The van der Waals surface area contributed by atoms with E-state index in [9.17, 15) is 0 Å². The van der Waals surface area contributed by atoms with Gasteiger partial charge in [-0.3, -0.25) is 0 Å². The van der Waals surface area contributed by atoms with Crippen LogP contribution < -0.4 is 5.32 Å². The second-order valence-electron chi connectivity index (χ2n) is 5.40. The van der Waals surface area contributed by atoms with Crippen LogP contribution in [0, 0.1) is 11.8 Å². The van der Waals surface area contributed by atoms with Gasteiger partial charge in [0.05, 0.1) is 0 Å². The second kappa shape index (κ2) is 3.61. The first-order valence-corrected chi connectivity index (χ1v) is 5.96. The van der Waals surface area contributed by atoms with E-state index in [0.29, 0.717) is 5.54 Å². The predicted octanol–water partition coefficient (Wildman–Crippen LogP) is 2.95. The fraction of sp³-hybridized carbons (Fsp3) is 1.00. The molecule has 1 nitrogen and oxygen atoms in total. The van der Waals surface area contributed by atoms with E-state index in [-0.39, 0.29) is 0 Å². The van der Waals surface area contributed by atoms with Crippen LogP contribution in [0.4, 0.5) is 0 Å². The summed E-state index contributed by atoms with van der Waals surface area (Å²) >= 11 is 0. The van der Waals surface area contributed by atoms with E-state index in [1.54, 1.807) is 0 Å². The van der Waals surface area contributed by atoms with Gasteiger partial charge >= 0.3 is 0 Å². The maximum atomic E-state index is 3.72. The molecule has 0 aromatic heterocycles. The number of hydrogen-bond acceptors (Lipinski definition) is 1. The summed E-state index contributed by atoms with van der Waals surface area (Å²) in [6.07, 6.45) is 8.65. The molecule has 2 aliphatic rings. The molecule has 0 radical (unpaired) electrons. The quantitative estimate of drug-likeness (QED) is 0.656. The number of hydrogen-bond donors (Lipinski definition) is 1. The first-order chi connectivity index (χ1) is 6.21. The normalized spacial score (nSPS) is 46.6. The van der Waals surface area contributed by atoms with E-state index in [1.165, 1.54) is 45.1 Å². The summed E-state index contributed by atoms with van der Waals surface area (Å²) in [6, 6.07) is 0. The molecule has 1 saturated carbocycles. The molecular weight excluding hydrogens is 158 g/mol. The van der Waals surface area contributed by atoms with Crippen LogP contribution >= 0.6 is 0 Å². The first kappa shape index (κ1) is 9.51. The summed E-state index contributed by atoms with van der Waals surface area (Å²) in [5.74, 6) is 1.95. The monoisotopic (exact) mass is 181 g/mol. The average Bonchev–Trinajstić information content (AvgIpc) is 2.54. The fourth-order valence-corrected chi connectivity index (χ4v) is 3.16. The van der Waals surface area contributed by atoms with E-state index in [4.69, 9.17) is 0 Å². The van der Waals surface area contributed by atoms with Crippen LogP contribution in [0.1, 0.15) is 52.4 Å². The molecule has 1 heteroatoms. The Balaban J connectivity index is 1.93. The zero-order valence-corrected chi connectivity index (χ0v) is 9.10. The molecule has 1 aliphatic heterocycles. The lowest BCUT2D eigenvalue weighted by Gasteiger charge is -2.38. The van der Waals surface area contributed by atoms with Crippen LogP contribution in [0.15, 0.2) is 0 Å². The van der Waals surface area contributed by atoms with Crippen LogP contribution in [0.3, 0.4) is 0 Å². The van der Waals surface area contributed by atoms with Gasteiger partial charge in [0, 0.05) is 5.54 Å². The molecule has 1 heterocycles.